The minimum Gasteiger partial charge on any atom is -0.337 e. The number of nitrogens with zero attached hydrogens (tertiary/aromatic N) is 4. The lowest BCUT2D eigenvalue weighted by Gasteiger charge is -2.31. The van der Waals surface area contributed by atoms with Crippen LogP contribution >= 0.6 is 11.3 Å². The Morgan fingerprint density at radius 2 is 2.25 bits per heavy atom. The van der Waals surface area contributed by atoms with Gasteiger partial charge in [-0.1, -0.05) is 6.92 Å². The number of thiazole rings is 1. The summed E-state index contributed by atoms with van der Waals surface area (Å²) in [7, 11) is 0. The van der Waals surface area contributed by atoms with Crippen molar-refractivity contribution in [2.24, 2.45) is 0 Å². The van der Waals surface area contributed by atoms with Gasteiger partial charge in [-0.25, -0.2) is 9.67 Å². The molecule has 128 valence electrons. The molecule has 1 saturated heterocycles. The topological polar surface area (TPSA) is 68.1 Å². The average molecular weight is 346 g/mol. The van der Waals surface area contributed by atoms with Crippen LogP contribution in [0.4, 0.5) is 0 Å². The van der Waals surface area contributed by atoms with Crippen molar-refractivity contribution in [1.29, 1.82) is 0 Å². The Morgan fingerprint density at radius 1 is 1.42 bits per heavy atom. The van der Waals surface area contributed by atoms with E-state index in [1.54, 1.807) is 11.3 Å². The van der Waals surface area contributed by atoms with Crippen molar-refractivity contribution < 1.29 is 4.79 Å². The highest BCUT2D eigenvalue weighted by Crippen LogP contribution is 2.29. The number of carbonyl (C=O) groups is 1. The first kappa shape index (κ1) is 16.8. The first-order valence-electron chi connectivity index (χ1n) is 8.38. The van der Waals surface area contributed by atoms with Crippen LogP contribution in [0.5, 0.6) is 0 Å². The van der Waals surface area contributed by atoms with Crippen molar-refractivity contribution in [3.63, 3.8) is 0 Å². The first-order valence-corrected chi connectivity index (χ1v) is 9.26. The standard InChI is InChI=1S/C17H22N4O2S/c1-3-8-21-15(22)7-6-14(19-21)17(23)20-9-4-5-13(10-20)16-18-12(2)11-24-16/h6-7,11,13H,3-5,8-10H2,1-2H3. The summed E-state index contributed by atoms with van der Waals surface area (Å²) in [5.74, 6) is 0.195. The minimum atomic E-state index is -0.164. The van der Waals surface area contributed by atoms with Crippen LogP contribution in [-0.2, 0) is 6.54 Å². The van der Waals surface area contributed by atoms with Crippen LogP contribution in [0, 0.1) is 6.92 Å². The second-order valence-electron chi connectivity index (χ2n) is 6.20. The Labute approximate surface area is 145 Å². The summed E-state index contributed by atoms with van der Waals surface area (Å²) in [6.45, 7) is 5.90. The van der Waals surface area contributed by atoms with E-state index in [1.165, 1.54) is 16.8 Å². The van der Waals surface area contributed by atoms with Gasteiger partial charge in [-0.3, -0.25) is 9.59 Å². The lowest BCUT2D eigenvalue weighted by Crippen LogP contribution is -2.40. The van der Waals surface area contributed by atoms with Gasteiger partial charge in [0.2, 0.25) is 0 Å². The number of carbonyl (C=O) groups excluding carboxylic acids is 1. The Kier molecular flexibility index (Phi) is 5.08. The van der Waals surface area contributed by atoms with E-state index in [-0.39, 0.29) is 11.5 Å². The molecule has 2 aromatic heterocycles. The second kappa shape index (κ2) is 7.25. The van der Waals surface area contributed by atoms with Crippen molar-refractivity contribution in [3.05, 3.63) is 44.3 Å². The molecule has 0 aromatic carbocycles. The highest BCUT2D eigenvalue weighted by Gasteiger charge is 2.28. The Hall–Kier alpha value is -2.02. The molecule has 6 nitrogen and oxygen atoms in total. The molecule has 0 bridgehead atoms. The number of amides is 1. The number of aromatic nitrogens is 3. The maximum atomic E-state index is 12.8. The van der Waals surface area contributed by atoms with Crippen molar-refractivity contribution >= 4 is 17.2 Å². The highest BCUT2D eigenvalue weighted by atomic mass is 32.1. The van der Waals surface area contributed by atoms with Crippen LogP contribution < -0.4 is 5.56 Å². The summed E-state index contributed by atoms with van der Waals surface area (Å²) in [6, 6.07) is 2.97. The number of hydrogen-bond acceptors (Lipinski definition) is 5. The normalized spacial score (nSPS) is 17.9. The average Bonchev–Trinajstić information content (AvgIpc) is 3.03. The fraction of sp³-hybridized carbons (Fsp3) is 0.529. The zero-order valence-electron chi connectivity index (χ0n) is 14.1. The summed E-state index contributed by atoms with van der Waals surface area (Å²) in [6.07, 6.45) is 2.82. The zero-order valence-corrected chi connectivity index (χ0v) is 14.9. The molecule has 1 fully saturated rings. The molecule has 1 amide bonds. The van der Waals surface area contributed by atoms with Crippen LogP contribution in [0.15, 0.2) is 22.3 Å². The Morgan fingerprint density at radius 3 is 2.96 bits per heavy atom. The maximum absolute atomic E-state index is 12.8. The fourth-order valence-corrected chi connectivity index (χ4v) is 3.95. The third kappa shape index (κ3) is 3.56. The van der Waals surface area contributed by atoms with E-state index in [4.69, 9.17) is 0 Å². The molecule has 0 aliphatic carbocycles. The van der Waals surface area contributed by atoms with Gasteiger partial charge in [0, 0.05) is 42.7 Å². The van der Waals surface area contributed by atoms with Crippen molar-refractivity contribution in [1.82, 2.24) is 19.7 Å². The molecule has 0 spiro atoms. The van der Waals surface area contributed by atoms with E-state index in [0.717, 1.165) is 36.5 Å². The molecule has 0 radical (unpaired) electrons. The number of hydrogen-bond donors (Lipinski definition) is 0. The van der Waals surface area contributed by atoms with Gasteiger partial charge >= 0.3 is 0 Å². The second-order valence-corrected chi connectivity index (χ2v) is 7.09. The van der Waals surface area contributed by atoms with Gasteiger partial charge in [-0.15, -0.1) is 11.3 Å². The van der Waals surface area contributed by atoms with Crippen LogP contribution in [0.25, 0.3) is 0 Å². The predicted molar refractivity (Wildman–Crippen MR) is 93.5 cm³/mol. The molecule has 7 heteroatoms. The van der Waals surface area contributed by atoms with Gasteiger partial charge in [0.15, 0.2) is 0 Å². The number of rotatable bonds is 4. The monoisotopic (exact) mass is 346 g/mol. The van der Waals surface area contributed by atoms with Gasteiger partial charge in [-0.2, -0.15) is 5.10 Å². The minimum absolute atomic E-state index is 0.0992. The van der Waals surface area contributed by atoms with Crippen molar-refractivity contribution in [3.8, 4) is 0 Å². The molecule has 0 saturated carbocycles. The van der Waals surface area contributed by atoms with E-state index in [1.807, 2.05) is 18.7 Å². The summed E-state index contributed by atoms with van der Waals surface area (Å²) in [4.78, 5) is 31.0. The molecule has 1 aliphatic rings. The van der Waals surface area contributed by atoms with Crippen molar-refractivity contribution in [2.45, 2.75) is 45.6 Å². The van der Waals surface area contributed by atoms with E-state index in [9.17, 15) is 9.59 Å². The molecule has 3 heterocycles. The van der Waals surface area contributed by atoms with Crippen LogP contribution in [0.2, 0.25) is 0 Å². The summed E-state index contributed by atoms with van der Waals surface area (Å²) < 4.78 is 1.37. The molecule has 3 rings (SSSR count). The van der Waals surface area contributed by atoms with Gasteiger partial charge < -0.3 is 4.90 Å². The summed E-state index contributed by atoms with van der Waals surface area (Å²) in [5, 5.41) is 7.40. The molecule has 1 unspecified atom stereocenters. The molecule has 1 atom stereocenters. The van der Waals surface area contributed by atoms with Gasteiger partial charge in [0.25, 0.3) is 11.5 Å². The predicted octanol–water partition coefficient (Wildman–Crippen LogP) is 2.44. The van der Waals surface area contributed by atoms with Gasteiger partial charge in [0.1, 0.15) is 5.69 Å². The summed E-state index contributed by atoms with van der Waals surface area (Å²) >= 11 is 1.67. The van der Waals surface area contributed by atoms with Crippen LogP contribution in [0.3, 0.4) is 0 Å². The quantitative estimate of drug-likeness (QED) is 0.853. The first-order chi connectivity index (χ1) is 11.6. The number of likely N-dealkylation sites (tertiary alicyclic amines) is 1. The fourth-order valence-electron chi connectivity index (χ4n) is 3.02. The van der Waals surface area contributed by atoms with E-state index >= 15 is 0 Å². The molecular weight excluding hydrogens is 324 g/mol. The third-order valence-corrected chi connectivity index (χ3v) is 5.34. The van der Waals surface area contributed by atoms with Crippen LogP contribution in [-0.4, -0.2) is 38.7 Å². The molecule has 2 aromatic rings. The molecular formula is C17H22N4O2S. The zero-order chi connectivity index (χ0) is 17.1. The smallest absolute Gasteiger partial charge is 0.274 e. The Balaban J connectivity index is 1.77. The number of piperidine rings is 1. The number of aryl methyl sites for hydroxylation is 2. The molecule has 24 heavy (non-hydrogen) atoms. The maximum Gasteiger partial charge on any atom is 0.274 e. The van der Waals surface area contributed by atoms with E-state index < -0.39 is 0 Å². The largest absolute Gasteiger partial charge is 0.337 e. The molecule has 1 aliphatic heterocycles. The van der Waals surface area contributed by atoms with Gasteiger partial charge in [0.05, 0.1) is 5.01 Å². The van der Waals surface area contributed by atoms with Crippen LogP contribution in [0.1, 0.15) is 53.3 Å². The summed E-state index contributed by atoms with van der Waals surface area (Å²) in [5.41, 5.74) is 1.22. The van der Waals surface area contributed by atoms with E-state index in [2.05, 4.69) is 15.5 Å². The lowest BCUT2D eigenvalue weighted by atomic mass is 9.98. The SMILES string of the molecule is CCCn1nc(C(=O)N2CCCC(c3nc(C)cs3)C2)ccc1=O. The molecule has 0 N–H and O–H groups in total. The Bertz CT molecular complexity index is 783. The third-order valence-electron chi connectivity index (χ3n) is 4.22. The van der Waals surface area contributed by atoms with E-state index in [0.29, 0.717) is 24.7 Å². The lowest BCUT2D eigenvalue weighted by molar-refractivity contribution is 0.0698. The highest BCUT2D eigenvalue weighted by molar-refractivity contribution is 7.09. The van der Waals surface area contributed by atoms with Gasteiger partial charge in [-0.05, 0) is 32.3 Å². The van der Waals surface area contributed by atoms with Crippen molar-refractivity contribution in [2.75, 3.05) is 13.1 Å².